The molecule has 0 saturated heterocycles. The van der Waals surface area contributed by atoms with Crippen molar-refractivity contribution in [2.75, 3.05) is 0 Å². The molecule has 0 bridgehead atoms. The number of hydrogen-bond donors (Lipinski definition) is 3. The normalized spacial score (nSPS) is 19.7. The van der Waals surface area contributed by atoms with Crippen LogP contribution >= 0.6 is 22.6 Å². The standard InChI is InChI=1S/C22H28IN3O2/c1-15-11-12-16(18(23)8-4-2-3-7-13-24)17(14-15)21(25)22(28)26-19-9-5-6-10-20(19)27/h8,11-12,14,19-20,25,27H,2-7,9-10H2,1H3,(H,26,28)/b18-8+,25-21?/t19?,20-/m0/s1. The van der Waals surface area contributed by atoms with E-state index in [4.69, 9.17) is 10.7 Å². The third kappa shape index (κ3) is 6.42. The summed E-state index contributed by atoms with van der Waals surface area (Å²) in [6.45, 7) is 1.95. The quantitative estimate of drug-likeness (QED) is 0.280. The second-order valence-electron chi connectivity index (χ2n) is 7.31. The lowest BCUT2D eigenvalue weighted by molar-refractivity contribution is -0.116. The number of aliphatic hydroxyl groups excluding tert-OH is 1. The second kappa shape index (κ2) is 11.3. The zero-order valence-electron chi connectivity index (χ0n) is 16.3. The van der Waals surface area contributed by atoms with Crippen molar-refractivity contribution in [3.8, 4) is 6.07 Å². The monoisotopic (exact) mass is 493 g/mol. The molecule has 28 heavy (non-hydrogen) atoms. The highest BCUT2D eigenvalue weighted by molar-refractivity contribution is 14.1. The molecule has 2 rings (SSSR count). The number of halogens is 1. The Morgan fingerprint density at radius 1 is 1.36 bits per heavy atom. The number of hydrogen-bond acceptors (Lipinski definition) is 4. The molecule has 5 nitrogen and oxygen atoms in total. The number of rotatable bonds is 8. The van der Waals surface area contributed by atoms with E-state index in [1.807, 2.05) is 25.1 Å². The van der Waals surface area contributed by atoms with Crippen molar-refractivity contribution in [2.24, 2.45) is 0 Å². The fourth-order valence-corrected chi connectivity index (χ4v) is 4.18. The van der Waals surface area contributed by atoms with Crippen LogP contribution in [0.1, 0.15) is 68.1 Å². The molecular formula is C22H28IN3O2. The van der Waals surface area contributed by atoms with Gasteiger partial charge in [0.05, 0.1) is 18.2 Å². The minimum absolute atomic E-state index is 0.0662. The van der Waals surface area contributed by atoms with Crippen LogP contribution in [0.2, 0.25) is 0 Å². The largest absolute Gasteiger partial charge is 0.391 e. The van der Waals surface area contributed by atoms with E-state index in [1.165, 1.54) is 0 Å². The molecule has 2 atom stereocenters. The van der Waals surface area contributed by atoms with Gasteiger partial charge in [-0.3, -0.25) is 10.2 Å². The molecule has 1 aliphatic carbocycles. The first-order valence-corrected chi connectivity index (χ1v) is 10.9. The molecule has 0 aliphatic heterocycles. The van der Waals surface area contributed by atoms with Crippen molar-refractivity contribution >= 4 is 37.8 Å². The smallest absolute Gasteiger partial charge is 0.270 e. The molecule has 1 aromatic carbocycles. The lowest BCUT2D eigenvalue weighted by Gasteiger charge is -2.28. The average Bonchev–Trinajstić information content (AvgIpc) is 2.68. The molecule has 150 valence electrons. The molecular weight excluding hydrogens is 465 g/mol. The molecule has 6 heteroatoms. The summed E-state index contributed by atoms with van der Waals surface area (Å²) in [6, 6.07) is 7.69. The Labute approximate surface area is 180 Å². The third-order valence-electron chi connectivity index (χ3n) is 5.04. The molecule has 0 aromatic heterocycles. The minimum Gasteiger partial charge on any atom is -0.391 e. The number of benzene rings is 1. The van der Waals surface area contributed by atoms with Crippen LogP contribution in [0.4, 0.5) is 0 Å². The lowest BCUT2D eigenvalue weighted by Crippen LogP contribution is -2.47. The van der Waals surface area contributed by atoms with Gasteiger partial charge in [-0.1, -0.05) is 36.6 Å². The number of nitrogens with one attached hydrogen (secondary N) is 2. The van der Waals surface area contributed by atoms with E-state index in [9.17, 15) is 9.90 Å². The SMILES string of the molecule is Cc1ccc(/C(I)=C\CCCCC#N)c(C(=N)C(=O)NC2CCCC[C@@H]2O)c1. The first kappa shape index (κ1) is 22.6. The fourth-order valence-electron chi connectivity index (χ4n) is 3.40. The summed E-state index contributed by atoms with van der Waals surface area (Å²) in [5, 5.41) is 30.0. The zero-order chi connectivity index (χ0) is 20.5. The van der Waals surface area contributed by atoms with Crippen molar-refractivity contribution in [3.05, 3.63) is 41.0 Å². The zero-order valence-corrected chi connectivity index (χ0v) is 18.5. The van der Waals surface area contributed by atoms with Gasteiger partial charge in [0, 0.05) is 15.6 Å². The average molecular weight is 493 g/mol. The first-order chi connectivity index (χ1) is 13.4. The van der Waals surface area contributed by atoms with Crippen molar-refractivity contribution in [3.63, 3.8) is 0 Å². The van der Waals surface area contributed by atoms with E-state index in [1.54, 1.807) is 0 Å². The topological polar surface area (TPSA) is 97.0 Å². The molecule has 1 aliphatic rings. The van der Waals surface area contributed by atoms with Crippen molar-refractivity contribution in [2.45, 2.75) is 70.4 Å². The van der Waals surface area contributed by atoms with E-state index < -0.39 is 12.0 Å². The van der Waals surface area contributed by atoms with Gasteiger partial charge in [0.1, 0.15) is 5.71 Å². The number of aliphatic hydroxyl groups is 1. The van der Waals surface area contributed by atoms with Crippen LogP contribution in [0, 0.1) is 23.7 Å². The van der Waals surface area contributed by atoms with Gasteiger partial charge in [0.15, 0.2) is 0 Å². The van der Waals surface area contributed by atoms with Gasteiger partial charge in [0.2, 0.25) is 0 Å². The van der Waals surface area contributed by atoms with Crippen LogP contribution in [0.25, 0.3) is 3.58 Å². The molecule has 0 heterocycles. The van der Waals surface area contributed by atoms with Gasteiger partial charge in [-0.05, 0) is 73.2 Å². The van der Waals surface area contributed by atoms with Gasteiger partial charge >= 0.3 is 0 Å². The summed E-state index contributed by atoms with van der Waals surface area (Å²) in [5.74, 6) is -0.434. The fraction of sp³-hybridized carbons (Fsp3) is 0.500. The number of carbonyl (C=O) groups excluding carboxylic acids is 1. The summed E-state index contributed by atoms with van der Waals surface area (Å²) in [7, 11) is 0. The maximum atomic E-state index is 12.7. The van der Waals surface area contributed by atoms with E-state index >= 15 is 0 Å². The van der Waals surface area contributed by atoms with Crippen LogP contribution in [0.15, 0.2) is 24.3 Å². The van der Waals surface area contributed by atoms with Gasteiger partial charge in [-0.15, -0.1) is 0 Å². The van der Waals surface area contributed by atoms with E-state index in [0.717, 1.165) is 53.2 Å². The maximum absolute atomic E-state index is 12.7. The van der Waals surface area contributed by atoms with Crippen LogP contribution in [0.3, 0.4) is 0 Å². The van der Waals surface area contributed by atoms with Crippen molar-refractivity contribution < 1.29 is 9.90 Å². The molecule has 1 unspecified atom stereocenters. The molecule has 1 saturated carbocycles. The van der Waals surface area contributed by atoms with Crippen LogP contribution in [0.5, 0.6) is 0 Å². The van der Waals surface area contributed by atoms with E-state index in [0.29, 0.717) is 18.4 Å². The minimum atomic E-state index is -0.532. The van der Waals surface area contributed by atoms with Crippen LogP contribution < -0.4 is 5.32 Å². The maximum Gasteiger partial charge on any atom is 0.270 e. The highest BCUT2D eigenvalue weighted by Gasteiger charge is 2.26. The summed E-state index contributed by atoms with van der Waals surface area (Å²) < 4.78 is 1.000. The number of nitrogens with zero attached hydrogens (tertiary/aromatic N) is 1. The summed E-state index contributed by atoms with van der Waals surface area (Å²) >= 11 is 2.25. The number of nitriles is 1. The molecule has 0 spiro atoms. The predicted molar refractivity (Wildman–Crippen MR) is 120 cm³/mol. The number of aryl methyl sites for hydroxylation is 1. The summed E-state index contributed by atoms with van der Waals surface area (Å²) in [6.07, 6.45) is 8.22. The first-order valence-electron chi connectivity index (χ1n) is 9.85. The molecule has 0 radical (unpaired) electrons. The van der Waals surface area contributed by atoms with Gasteiger partial charge in [-0.2, -0.15) is 5.26 Å². The van der Waals surface area contributed by atoms with Gasteiger partial charge in [0.25, 0.3) is 5.91 Å². The molecule has 1 fully saturated rings. The highest BCUT2D eigenvalue weighted by atomic mass is 127. The van der Waals surface area contributed by atoms with Gasteiger partial charge in [-0.25, -0.2) is 0 Å². The van der Waals surface area contributed by atoms with Crippen LogP contribution in [-0.4, -0.2) is 28.9 Å². The van der Waals surface area contributed by atoms with E-state index in [-0.39, 0.29) is 11.8 Å². The number of unbranched alkanes of at least 4 members (excludes halogenated alkanes) is 3. The van der Waals surface area contributed by atoms with Crippen molar-refractivity contribution in [1.82, 2.24) is 5.32 Å². The molecule has 1 aromatic rings. The summed E-state index contributed by atoms with van der Waals surface area (Å²) in [5.41, 5.74) is 2.41. The Hall–Kier alpha value is -1.72. The van der Waals surface area contributed by atoms with Gasteiger partial charge < -0.3 is 10.4 Å². The molecule has 1 amide bonds. The number of amides is 1. The van der Waals surface area contributed by atoms with E-state index in [2.05, 4.69) is 40.1 Å². The Morgan fingerprint density at radius 2 is 2.11 bits per heavy atom. The highest BCUT2D eigenvalue weighted by Crippen LogP contribution is 2.28. The molecule has 3 N–H and O–H groups in total. The predicted octanol–water partition coefficient (Wildman–Crippen LogP) is 4.64. The Bertz CT molecular complexity index is 782. The van der Waals surface area contributed by atoms with Crippen LogP contribution in [-0.2, 0) is 4.79 Å². The third-order valence-corrected chi connectivity index (χ3v) is 6.06. The van der Waals surface area contributed by atoms with Crippen molar-refractivity contribution in [1.29, 1.82) is 10.7 Å². The Morgan fingerprint density at radius 3 is 2.82 bits per heavy atom. The Kier molecular flexibility index (Phi) is 9.13. The lowest BCUT2D eigenvalue weighted by atomic mass is 9.92. The second-order valence-corrected chi connectivity index (χ2v) is 8.47. The Balaban J connectivity index is 2.13. The summed E-state index contributed by atoms with van der Waals surface area (Å²) in [4.78, 5) is 12.7. The number of allylic oxidation sites excluding steroid dienone is 1. The number of carbonyl (C=O) groups is 1.